The molecule has 0 N–H and O–H groups in total. The lowest BCUT2D eigenvalue weighted by atomic mass is 10.2. The number of hydrogen-bond donors (Lipinski definition) is 0. The fourth-order valence-corrected chi connectivity index (χ4v) is 3.75. The highest BCUT2D eigenvalue weighted by Crippen LogP contribution is 2.34. The SMILES string of the molecule is Cc1csc(Sc2ccc([N+](=O)[O-])cc2C(=O)OCC(=O)OC(C)C)n1. The molecule has 0 spiro atoms. The predicted octanol–water partition coefficient (Wildman–Crippen LogP) is 3.62. The van der Waals surface area contributed by atoms with E-state index in [1.807, 2.05) is 12.3 Å². The van der Waals surface area contributed by atoms with Gasteiger partial charge in [0.2, 0.25) is 0 Å². The number of esters is 2. The number of benzene rings is 1. The second-order valence-corrected chi connectivity index (χ2v) is 7.56. The van der Waals surface area contributed by atoms with E-state index >= 15 is 0 Å². The van der Waals surface area contributed by atoms with Crippen LogP contribution in [0, 0.1) is 17.0 Å². The maximum atomic E-state index is 12.3. The Morgan fingerprint density at radius 1 is 1.38 bits per heavy atom. The fraction of sp³-hybridized carbons (Fsp3) is 0.312. The molecule has 1 aromatic carbocycles. The molecule has 0 radical (unpaired) electrons. The van der Waals surface area contributed by atoms with E-state index in [1.165, 1.54) is 35.2 Å². The van der Waals surface area contributed by atoms with E-state index in [1.54, 1.807) is 13.8 Å². The maximum absolute atomic E-state index is 12.3. The van der Waals surface area contributed by atoms with Crippen molar-refractivity contribution >= 4 is 40.7 Å². The molecule has 2 rings (SSSR count). The minimum absolute atomic E-state index is 0.00519. The first kappa shape index (κ1) is 19.9. The summed E-state index contributed by atoms with van der Waals surface area (Å²) in [6.07, 6.45) is -0.335. The van der Waals surface area contributed by atoms with E-state index in [2.05, 4.69) is 4.98 Å². The first-order chi connectivity index (χ1) is 12.3. The normalized spacial score (nSPS) is 10.6. The number of nitrogens with zero attached hydrogens (tertiary/aromatic N) is 2. The topological polar surface area (TPSA) is 109 Å². The quantitative estimate of drug-likeness (QED) is 0.397. The smallest absolute Gasteiger partial charge is 0.344 e. The second kappa shape index (κ2) is 8.77. The van der Waals surface area contributed by atoms with Crippen molar-refractivity contribution in [2.24, 2.45) is 0 Å². The van der Waals surface area contributed by atoms with Gasteiger partial charge in [0.15, 0.2) is 10.9 Å². The van der Waals surface area contributed by atoms with Crippen molar-refractivity contribution in [2.45, 2.75) is 36.1 Å². The zero-order valence-electron chi connectivity index (χ0n) is 14.3. The van der Waals surface area contributed by atoms with Gasteiger partial charge in [-0.15, -0.1) is 11.3 Å². The van der Waals surface area contributed by atoms with Crippen molar-refractivity contribution in [1.82, 2.24) is 4.98 Å². The Hall–Kier alpha value is -2.46. The molecule has 0 saturated heterocycles. The molecule has 26 heavy (non-hydrogen) atoms. The third-order valence-corrected chi connectivity index (χ3v) is 5.01. The van der Waals surface area contributed by atoms with E-state index < -0.39 is 23.5 Å². The van der Waals surface area contributed by atoms with Crippen LogP contribution in [-0.2, 0) is 14.3 Å². The van der Waals surface area contributed by atoms with Gasteiger partial charge < -0.3 is 9.47 Å². The predicted molar refractivity (Wildman–Crippen MR) is 95.6 cm³/mol. The summed E-state index contributed by atoms with van der Waals surface area (Å²) in [7, 11) is 0. The van der Waals surface area contributed by atoms with Crippen LogP contribution in [-0.4, -0.2) is 34.6 Å². The van der Waals surface area contributed by atoms with Gasteiger partial charge in [-0.2, -0.15) is 0 Å². The van der Waals surface area contributed by atoms with Crippen LogP contribution in [0.5, 0.6) is 0 Å². The number of non-ortho nitro benzene ring substituents is 1. The van der Waals surface area contributed by atoms with Gasteiger partial charge in [-0.25, -0.2) is 14.6 Å². The Morgan fingerprint density at radius 3 is 2.69 bits per heavy atom. The third kappa shape index (κ3) is 5.53. The second-order valence-electron chi connectivity index (χ2n) is 5.41. The lowest BCUT2D eigenvalue weighted by Crippen LogP contribution is -2.20. The number of ether oxygens (including phenoxy) is 2. The van der Waals surface area contributed by atoms with Gasteiger partial charge in [0.1, 0.15) is 0 Å². The van der Waals surface area contributed by atoms with E-state index in [9.17, 15) is 19.7 Å². The number of nitro groups is 1. The molecule has 0 aliphatic heterocycles. The Kier molecular flexibility index (Phi) is 6.70. The van der Waals surface area contributed by atoms with Crippen LogP contribution < -0.4 is 0 Å². The average Bonchev–Trinajstić information content (AvgIpc) is 2.97. The van der Waals surface area contributed by atoms with Crippen molar-refractivity contribution < 1.29 is 24.0 Å². The number of carbonyl (C=O) groups excluding carboxylic acids is 2. The molecule has 2 aromatic rings. The average molecular weight is 396 g/mol. The number of rotatable bonds is 7. The van der Waals surface area contributed by atoms with Crippen LogP contribution in [0.15, 0.2) is 32.8 Å². The van der Waals surface area contributed by atoms with Crippen LogP contribution in [0.25, 0.3) is 0 Å². The van der Waals surface area contributed by atoms with Crippen LogP contribution in [0.3, 0.4) is 0 Å². The lowest BCUT2D eigenvalue weighted by molar-refractivity contribution is -0.384. The maximum Gasteiger partial charge on any atom is 0.344 e. The minimum Gasteiger partial charge on any atom is -0.460 e. The Labute approximate surface area is 157 Å². The van der Waals surface area contributed by atoms with Crippen molar-refractivity contribution in [3.63, 3.8) is 0 Å². The molecule has 1 aromatic heterocycles. The summed E-state index contributed by atoms with van der Waals surface area (Å²) >= 11 is 2.59. The summed E-state index contributed by atoms with van der Waals surface area (Å²) in [4.78, 5) is 39.0. The summed E-state index contributed by atoms with van der Waals surface area (Å²) in [5, 5.41) is 12.9. The molecule has 0 unspecified atom stereocenters. The lowest BCUT2D eigenvalue weighted by Gasteiger charge is -2.10. The van der Waals surface area contributed by atoms with Crippen LogP contribution >= 0.6 is 23.1 Å². The zero-order chi connectivity index (χ0) is 19.3. The van der Waals surface area contributed by atoms with Crippen molar-refractivity contribution in [1.29, 1.82) is 0 Å². The van der Waals surface area contributed by atoms with Gasteiger partial charge >= 0.3 is 11.9 Å². The summed E-state index contributed by atoms with van der Waals surface area (Å²) in [5.41, 5.74) is 0.579. The Morgan fingerprint density at radius 2 is 2.12 bits per heavy atom. The molecule has 0 saturated carbocycles. The number of aryl methyl sites for hydroxylation is 1. The molecule has 0 amide bonds. The zero-order valence-corrected chi connectivity index (χ0v) is 15.9. The minimum atomic E-state index is -0.842. The summed E-state index contributed by atoms with van der Waals surface area (Å²) in [5.74, 6) is -1.53. The van der Waals surface area contributed by atoms with E-state index in [0.29, 0.717) is 9.24 Å². The van der Waals surface area contributed by atoms with Gasteiger partial charge in [0.05, 0.1) is 16.6 Å². The highest BCUT2D eigenvalue weighted by Gasteiger charge is 2.21. The van der Waals surface area contributed by atoms with Gasteiger partial charge in [-0.1, -0.05) is 11.8 Å². The first-order valence-corrected chi connectivity index (χ1v) is 9.21. The van der Waals surface area contributed by atoms with Gasteiger partial charge in [-0.3, -0.25) is 10.1 Å². The van der Waals surface area contributed by atoms with Gasteiger partial charge in [0.25, 0.3) is 5.69 Å². The molecule has 0 bridgehead atoms. The summed E-state index contributed by atoms with van der Waals surface area (Å²) in [6.45, 7) is 4.61. The molecule has 0 atom stereocenters. The molecule has 0 aliphatic rings. The number of hydrogen-bond acceptors (Lipinski definition) is 9. The van der Waals surface area contributed by atoms with Crippen molar-refractivity contribution in [2.75, 3.05) is 6.61 Å². The van der Waals surface area contributed by atoms with Crippen molar-refractivity contribution in [3.05, 3.63) is 45.0 Å². The highest BCUT2D eigenvalue weighted by atomic mass is 32.2. The number of nitro benzene ring substituents is 1. The van der Waals surface area contributed by atoms with Gasteiger partial charge in [-0.05, 0) is 26.8 Å². The fourth-order valence-electron chi connectivity index (χ4n) is 1.85. The Bertz CT molecular complexity index is 834. The number of thiazole rings is 1. The third-order valence-electron chi connectivity index (χ3n) is 2.88. The van der Waals surface area contributed by atoms with E-state index in [4.69, 9.17) is 9.47 Å². The first-order valence-electron chi connectivity index (χ1n) is 7.51. The molecule has 0 aliphatic carbocycles. The van der Waals surface area contributed by atoms with Crippen LogP contribution in [0.2, 0.25) is 0 Å². The van der Waals surface area contributed by atoms with Gasteiger partial charge in [0, 0.05) is 28.1 Å². The summed E-state index contributed by atoms with van der Waals surface area (Å²) in [6, 6.07) is 3.88. The molecule has 1 heterocycles. The molecule has 8 nitrogen and oxygen atoms in total. The van der Waals surface area contributed by atoms with Crippen LogP contribution in [0.1, 0.15) is 29.9 Å². The molecule has 10 heteroatoms. The standard InChI is InChI=1S/C16H16N2O6S2/c1-9(2)24-14(19)7-23-15(20)12-6-11(18(21)22)4-5-13(12)26-16-17-10(3)8-25-16/h4-6,8-9H,7H2,1-3H3. The monoisotopic (exact) mass is 396 g/mol. The molecular weight excluding hydrogens is 380 g/mol. The molecular formula is C16H16N2O6S2. The van der Waals surface area contributed by atoms with Crippen molar-refractivity contribution in [3.8, 4) is 0 Å². The van der Waals surface area contributed by atoms with E-state index in [0.717, 1.165) is 11.8 Å². The number of aromatic nitrogens is 1. The van der Waals surface area contributed by atoms with E-state index in [-0.39, 0.29) is 17.4 Å². The highest BCUT2D eigenvalue weighted by molar-refractivity contribution is 8.01. The number of carbonyl (C=O) groups is 2. The molecule has 0 fully saturated rings. The molecule has 138 valence electrons. The summed E-state index contributed by atoms with van der Waals surface area (Å²) < 4.78 is 10.5. The largest absolute Gasteiger partial charge is 0.460 e. The Balaban J connectivity index is 2.22. The van der Waals surface area contributed by atoms with Crippen LogP contribution in [0.4, 0.5) is 5.69 Å².